The average Bonchev–Trinajstić information content (AvgIpc) is 3.18. The lowest BCUT2D eigenvalue weighted by atomic mass is 10.0. The third-order valence-electron chi connectivity index (χ3n) is 11.0. The van der Waals surface area contributed by atoms with Crippen molar-refractivity contribution in [2.45, 2.75) is 264 Å². The van der Waals surface area contributed by atoms with E-state index in [1.807, 2.05) is 0 Å². The summed E-state index contributed by atoms with van der Waals surface area (Å²) in [5, 5.41) is 23.1. The minimum atomic E-state index is -0.668. The van der Waals surface area contributed by atoms with Gasteiger partial charge in [-0.05, 0) is 51.4 Å². The molecule has 2 atom stereocenters. The molecule has 0 saturated heterocycles. The molecular formula is C49H93NO5. The van der Waals surface area contributed by atoms with Gasteiger partial charge in [-0.2, -0.15) is 0 Å². The van der Waals surface area contributed by atoms with Crippen LogP contribution in [0.5, 0.6) is 0 Å². The zero-order valence-electron chi connectivity index (χ0n) is 36.7. The predicted octanol–water partition coefficient (Wildman–Crippen LogP) is 14.0. The first kappa shape index (κ1) is 53.3. The van der Waals surface area contributed by atoms with Crippen molar-refractivity contribution in [1.29, 1.82) is 0 Å². The molecule has 0 rings (SSSR count). The number of aliphatic hydroxyl groups excluding tert-OH is 2. The Kier molecular flexibility index (Phi) is 43.7. The molecule has 0 aromatic heterocycles. The van der Waals surface area contributed by atoms with Crippen molar-refractivity contribution in [2.24, 2.45) is 0 Å². The van der Waals surface area contributed by atoms with Crippen molar-refractivity contribution in [2.75, 3.05) is 13.2 Å². The molecule has 2 unspecified atom stereocenters. The fourth-order valence-electron chi connectivity index (χ4n) is 7.26. The van der Waals surface area contributed by atoms with Gasteiger partial charge in [-0.1, -0.05) is 212 Å². The van der Waals surface area contributed by atoms with Gasteiger partial charge in [-0.3, -0.25) is 9.59 Å². The van der Waals surface area contributed by atoms with E-state index in [0.29, 0.717) is 25.9 Å². The van der Waals surface area contributed by atoms with E-state index in [1.54, 1.807) is 0 Å². The topological polar surface area (TPSA) is 95.9 Å². The second-order valence-corrected chi connectivity index (χ2v) is 16.4. The molecule has 6 nitrogen and oxygen atoms in total. The van der Waals surface area contributed by atoms with Gasteiger partial charge in [0.2, 0.25) is 5.91 Å². The Bertz CT molecular complexity index is 858. The first-order valence-corrected chi connectivity index (χ1v) is 24.1. The lowest BCUT2D eigenvalue weighted by Crippen LogP contribution is -2.45. The van der Waals surface area contributed by atoms with Crippen LogP contribution in [0.25, 0.3) is 0 Å². The summed E-state index contributed by atoms with van der Waals surface area (Å²) in [6.45, 7) is 4.84. The molecule has 55 heavy (non-hydrogen) atoms. The lowest BCUT2D eigenvalue weighted by Gasteiger charge is -2.22. The van der Waals surface area contributed by atoms with Gasteiger partial charge in [-0.25, -0.2) is 0 Å². The van der Waals surface area contributed by atoms with Crippen molar-refractivity contribution in [3.05, 3.63) is 24.3 Å². The van der Waals surface area contributed by atoms with Crippen LogP contribution in [0, 0.1) is 0 Å². The molecule has 0 aromatic carbocycles. The number of allylic oxidation sites excluding steroid dienone is 4. The molecule has 0 fully saturated rings. The first-order valence-electron chi connectivity index (χ1n) is 24.1. The van der Waals surface area contributed by atoms with E-state index in [2.05, 4.69) is 43.5 Å². The molecule has 0 bridgehead atoms. The Balaban J connectivity index is 3.43. The van der Waals surface area contributed by atoms with Crippen LogP contribution in [0.1, 0.15) is 251 Å². The number of carbonyl (C=O) groups excluding carboxylic acids is 2. The van der Waals surface area contributed by atoms with Gasteiger partial charge < -0.3 is 20.3 Å². The molecule has 0 spiro atoms. The van der Waals surface area contributed by atoms with E-state index < -0.39 is 12.1 Å². The van der Waals surface area contributed by atoms with Crippen LogP contribution in [0.3, 0.4) is 0 Å². The van der Waals surface area contributed by atoms with Crippen LogP contribution in [-0.2, 0) is 14.3 Å². The average molecular weight is 776 g/mol. The summed E-state index contributed by atoms with van der Waals surface area (Å²) >= 11 is 0. The molecule has 1 amide bonds. The predicted molar refractivity (Wildman–Crippen MR) is 236 cm³/mol. The third-order valence-corrected chi connectivity index (χ3v) is 11.0. The number of nitrogens with one attached hydrogen (secondary N) is 1. The van der Waals surface area contributed by atoms with Crippen molar-refractivity contribution in [1.82, 2.24) is 5.32 Å². The Morgan fingerprint density at radius 2 is 0.945 bits per heavy atom. The maximum atomic E-state index is 12.4. The highest BCUT2D eigenvalue weighted by Crippen LogP contribution is 2.16. The van der Waals surface area contributed by atoms with Crippen LogP contribution < -0.4 is 5.32 Å². The summed E-state index contributed by atoms with van der Waals surface area (Å²) in [7, 11) is 0. The summed E-state index contributed by atoms with van der Waals surface area (Å²) in [6.07, 6.45) is 51.4. The molecule has 0 radical (unpaired) electrons. The Labute approximate surface area is 341 Å². The van der Waals surface area contributed by atoms with E-state index in [4.69, 9.17) is 4.74 Å². The van der Waals surface area contributed by atoms with Gasteiger partial charge >= 0.3 is 5.97 Å². The number of amides is 1. The van der Waals surface area contributed by atoms with Crippen molar-refractivity contribution in [3.63, 3.8) is 0 Å². The number of esters is 1. The SMILES string of the molecule is CCC/C=C\C/C=C\CCCCCCCC(=O)OCCCCCCCCCCCCCCCCCC(=O)NC(CO)C(O)CCCCCCCCCCCC. The van der Waals surface area contributed by atoms with E-state index in [1.165, 1.54) is 161 Å². The Hall–Kier alpha value is -1.66. The van der Waals surface area contributed by atoms with Crippen molar-refractivity contribution < 1.29 is 24.5 Å². The molecule has 0 heterocycles. The summed E-state index contributed by atoms with van der Waals surface area (Å²) < 4.78 is 5.44. The summed E-state index contributed by atoms with van der Waals surface area (Å²) in [5.74, 6) is -0.0617. The summed E-state index contributed by atoms with van der Waals surface area (Å²) in [5.41, 5.74) is 0. The van der Waals surface area contributed by atoms with E-state index in [0.717, 1.165) is 57.8 Å². The highest BCUT2D eigenvalue weighted by Gasteiger charge is 2.20. The van der Waals surface area contributed by atoms with Gasteiger partial charge in [-0.15, -0.1) is 0 Å². The molecule has 0 aliphatic heterocycles. The molecule has 6 heteroatoms. The standard InChI is InChI=1S/C49H93NO5/c1-3-5-7-9-11-13-15-19-23-27-31-35-39-43-49(54)55-44-40-36-32-28-24-21-18-16-17-20-22-26-30-34-38-42-48(53)50-46(45-51)47(52)41-37-33-29-25-14-12-10-8-6-4-2/h7,9,13,15,46-47,51-52H,3-6,8,10-12,14,16-45H2,1-2H3,(H,50,53)/b9-7-,15-13-. The van der Waals surface area contributed by atoms with Gasteiger partial charge in [0.1, 0.15) is 0 Å². The summed E-state index contributed by atoms with van der Waals surface area (Å²) in [4.78, 5) is 24.4. The molecular weight excluding hydrogens is 683 g/mol. The molecule has 0 saturated carbocycles. The second kappa shape index (κ2) is 45.0. The van der Waals surface area contributed by atoms with Gasteiger partial charge in [0.05, 0.1) is 25.4 Å². The minimum absolute atomic E-state index is 0.0153. The van der Waals surface area contributed by atoms with Gasteiger partial charge in [0, 0.05) is 12.8 Å². The van der Waals surface area contributed by atoms with Crippen LogP contribution in [0.15, 0.2) is 24.3 Å². The van der Waals surface area contributed by atoms with Crippen LogP contribution in [0.4, 0.5) is 0 Å². The zero-order chi connectivity index (χ0) is 40.1. The molecule has 0 aliphatic rings. The molecule has 3 N–H and O–H groups in total. The zero-order valence-corrected chi connectivity index (χ0v) is 36.7. The number of aliphatic hydroxyl groups is 2. The van der Waals surface area contributed by atoms with E-state index in [9.17, 15) is 19.8 Å². The number of ether oxygens (including phenoxy) is 1. The lowest BCUT2D eigenvalue weighted by molar-refractivity contribution is -0.143. The Morgan fingerprint density at radius 3 is 1.45 bits per heavy atom. The highest BCUT2D eigenvalue weighted by molar-refractivity contribution is 5.76. The number of carbonyl (C=O) groups is 2. The number of hydrogen-bond acceptors (Lipinski definition) is 5. The maximum Gasteiger partial charge on any atom is 0.305 e. The first-order chi connectivity index (χ1) is 27.0. The highest BCUT2D eigenvalue weighted by atomic mass is 16.5. The second-order valence-electron chi connectivity index (χ2n) is 16.4. The van der Waals surface area contributed by atoms with Crippen LogP contribution in [0.2, 0.25) is 0 Å². The van der Waals surface area contributed by atoms with Gasteiger partial charge in [0.15, 0.2) is 0 Å². The molecule has 0 aliphatic carbocycles. The summed E-state index contributed by atoms with van der Waals surface area (Å²) in [6, 6.07) is -0.546. The third kappa shape index (κ3) is 41.8. The largest absolute Gasteiger partial charge is 0.466 e. The number of unbranched alkanes of at least 4 members (excludes halogenated alkanes) is 29. The minimum Gasteiger partial charge on any atom is -0.466 e. The Morgan fingerprint density at radius 1 is 0.509 bits per heavy atom. The van der Waals surface area contributed by atoms with E-state index >= 15 is 0 Å². The van der Waals surface area contributed by atoms with Crippen molar-refractivity contribution >= 4 is 11.9 Å². The van der Waals surface area contributed by atoms with E-state index in [-0.39, 0.29) is 18.5 Å². The molecule has 0 aromatic rings. The fourth-order valence-corrected chi connectivity index (χ4v) is 7.26. The monoisotopic (exact) mass is 776 g/mol. The normalized spacial score (nSPS) is 12.9. The number of hydrogen-bond donors (Lipinski definition) is 3. The smallest absolute Gasteiger partial charge is 0.305 e. The fraction of sp³-hybridized carbons (Fsp3) is 0.878. The number of rotatable bonds is 44. The maximum absolute atomic E-state index is 12.4. The quantitative estimate of drug-likeness (QED) is 0.0325. The van der Waals surface area contributed by atoms with Crippen LogP contribution in [-0.4, -0.2) is 47.4 Å². The van der Waals surface area contributed by atoms with Crippen LogP contribution >= 0.6 is 0 Å². The van der Waals surface area contributed by atoms with Crippen molar-refractivity contribution in [3.8, 4) is 0 Å². The molecule has 324 valence electrons. The van der Waals surface area contributed by atoms with Gasteiger partial charge in [0.25, 0.3) is 0 Å².